The largest absolute Gasteiger partial charge is 0.463 e. The molecule has 1 unspecified atom stereocenters. The van der Waals surface area contributed by atoms with Crippen LogP contribution in [0.3, 0.4) is 0 Å². The molecule has 0 aromatic carbocycles. The molecule has 7 heteroatoms. The molecule has 0 aromatic rings. The van der Waals surface area contributed by atoms with Crippen molar-refractivity contribution in [2.45, 2.75) is 122 Å². The number of Topliss-reactive ketones (excluding diaryl/α,β-unsaturated/α-hetero) is 1. The van der Waals surface area contributed by atoms with Gasteiger partial charge in [0, 0.05) is 30.8 Å². The van der Waals surface area contributed by atoms with E-state index in [0.29, 0.717) is 32.5 Å². The van der Waals surface area contributed by atoms with Gasteiger partial charge < -0.3 is 29.2 Å². The number of rotatable bonds is 16. The van der Waals surface area contributed by atoms with E-state index < -0.39 is 12.2 Å². The number of ether oxygens (including phenoxy) is 3. The number of unbranched alkanes of at least 4 members (excludes halogenated alkanes) is 5. The minimum atomic E-state index is -0.451. The highest BCUT2D eigenvalue weighted by Gasteiger charge is 2.46. The quantitative estimate of drug-likeness (QED) is 0.147. The maximum atomic E-state index is 12.1. The topological polar surface area (TPSA) is 106 Å². The van der Waals surface area contributed by atoms with Crippen molar-refractivity contribution in [3.05, 3.63) is 11.6 Å². The van der Waals surface area contributed by atoms with Gasteiger partial charge in [0.05, 0.1) is 43.7 Å². The second kappa shape index (κ2) is 15.0. The highest BCUT2D eigenvalue weighted by atomic mass is 16.6. The van der Waals surface area contributed by atoms with Crippen LogP contribution in [0.25, 0.3) is 0 Å². The second-order valence-electron chi connectivity index (χ2n) is 10.4. The number of ketones is 1. The first-order valence-corrected chi connectivity index (χ1v) is 13.1. The molecular weight excluding hydrogens is 436 g/mol. The van der Waals surface area contributed by atoms with Gasteiger partial charge >= 0.3 is 5.97 Å². The van der Waals surface area contributed by atoms with Gasteiger partial charge in [0.15, 0.2) is 0 Å². The van der Waals surface area contributed by atoms with E-state index in [9.17, 15) is 19.8 Å². The van der Waals surface area contributed by atoms with Crippen molar-refractivity contribution in [3.63, 3.8) is 0 Å². The third-order valence-electron chi connectivity index (χ3n) is 7.11. The highest BCUT2D eigenvalue weighted by Crippen LogP contribution is 2.38. The van der Waals surface area contributed by atoms with Crippen molar-refractivity contribution in [2.75, 3.05) is 13.2 Å². The number of carbonyl (C=O) groups is 2. The van der Waals surface area contributed by atoms with E-state index in [1.54, 1.807) is 13.8 Å². The van der Waals surface area contributed by atoms with E-state index >= 15 is 0 Å². The van der Waals surface area contributed by atoms with E-state index in [-0.39, 0.29) is 41.9 Å². The molecule has 196 valence electrons. The van der Waals surface area contributed by atoms with Crippen molar-refractivity contribution < 1.29 is 34.0 Å². The molecule has 2 saturated heterocycles. The van der Waals surface area contributed by atoms with Crippen LogP contribution in [-0.2, 0) is 23.8 Å². The number of aliphatic hydroxyl groups excluding tert-OH is 2. The van der Waals surface area contributed by atoms with Gasteiger partial charge in [-0.1, -0.05) is 38.2 Å². The van der Waals surface area contributed by atoms with Gasteiger partial charge in [-0.25, -0.2) is 4.79 Å². The Labute approximate surface area is 205 Å². The number of hydrogen-bond donors (Lipinski definition) is 2. The number of epoxide rings is 1. The van der Waals surface area contributed by atoms with Crippen molar-refractivity contribution >= 4 is 11.8 Å². The Kier molecular flexibility index (Phi) is 12.7. The van der Waals surface area contributed by atoms with E-state index in [0.717, 1.165) is 50.5 Å². The fourth-order valence-corrected chi connectivity index (χ4v) is 4.67. The molecule has 2 heterocycles. The van der Waals surface area contributed by atoms with Crippen molar-refractivity contribution in [1.29, 1.82) is 0 Å². The lowest BCUT2D eigenvalue weighted by Crippen LogP contribution is -2.38. The molecule has 2 rings (SSSR count). The first-order chi connectivity index (χ1) is 16.2. The van der Waals surface area contributed by atoms with Gasteiger partial charge in [-0.2, -0.15) is 0 Å². The molecule has 2 aliphatic rings. The Morgan fingerprint density at radius 2 is 1.76 bits per heavy atom. The summed E-state index contributed by atoms with van der Waals surface area (Å²) >= 11 is 0. The molecule has 0 aromatic heterocycles. The molecule has 0 radical (unpaired) electrons. The van der Waals surface area contributed by atoms with Crippen LogP contribution in [0.2, 0.25) is 0 Å². The fourth-order valence-electron chi connectivity index (χ4n) is 4.67. The second-order valence-corrected chi connectivity index (χ2v) is 10.4. The van der Waals surface area contributed by atoms with Crippen LogP contribution in [0.15, 0.2) is 11.6 Å². The van der Waals surface area contributed by atoms with E-state index in [1.807, 2.05) is 13.8 Å². The summed E-state index contributed by atoms with van der Waals surface area (Å²) in [7, 11) is 0. The van der Waals surface area contributed by atoms with E-state index in [2.05, 4.69) is 0 Å². The minimum Gasteiger partial charge on any atom is -0.463 e. The zero-order chi connectivity index (χ0) is 25.1. The molecule has 0 aliphatic carbocycles. The summed E-state index contributed by atoms with van der Waals surface area (Å²) in [6.07, 6.45) is 9.43. The molecule has 2 N–H and O–H groups in total. The molecule has 0 spiro atoms. The zero-order valence-electron chi connectivity index (χ0n) is 21.5. The summed E-state index contributed by atoms with van der Waals surface area (Å²) in [6.45, 7) is 8.19. The van der Waals surface area contributed by atoms with E-state index in [4.69, 9.17) is 14.2 Å². The summed E-state index contributed by atoms with van der Waals surface area (Å²) in [5.74, 6) is 0.0653. The van der Waals surface area contributed by atoms with Gasteiger partial charge in [0.1, 0.15) is 5.78 Å². The van der Waals surface area contributed by atoms with Crippen LogP contribution < -0.4 is 0 Å². The lowest BCUT2D eigenvalue weighted by atomic mass is 9.87. The van der Waals surface area contributed by atoms with Crippen LogP contribution in [0.4, 0.5) is 0 Å². The number of hydrogen-bond acceptors (Lipinski definition) is 7. The molecule has 2 fully saturated rings. The fraction of sp³-hybridized carbons (Fsp3) is 0.852. The maximum absolute atomic E-state index is 12.1. The van der Waals surface area contributed by atoms with Crippen molar-refractivity contribution in [2.24, 2.45) is 11.8 Å². The number of aliphatic hydroxyl groups is 2. The van der Waals surface area contributed by atoms with Gasteiger partial charge in [-0.15, -0.1) is 0 Å². The third kappa shape index (κ3) is 11.0. The highest BCUT2D eigenvalue weighted by molar-refractivity contribution is 5.82. The Bertz CT molecular complexity index is 659. The number of carbonyl (C=O) groups excluding carboxylic acids is 2. The van der Waals surface area contributed by atoms with Crippen LogP contribution >= 0.6 is 0 Å². The SMILES string of the molecule is CC(=O)CCCCCCCCOC(=O)/C=C(\C)C[C@@H]1C[C@@H](O)[C@H](C[C@H]2O[C@@H]2[C@H](C)C(C)O)CO1. The Morgan fingerprint density at radius 1 is 1.09 bits per heavy atom. The summed E-state index contributed by atoms with van der Waals surface area (Å²) in [5.41, 5.74) is 0.891. The first-order valence-electron chi connectivity index (χ1n) is 13.1. The lowest BCUT2D eigenvalue weighted by molar-refractivity contribution is -0.138. The zero-order valence-corrected chi connectivity index (χ0v) is 21.5. The van der Waals surface area contributed by atoms with Crippen LogP contribution in [0.5, 0.6) is 0 Å². The summed E-state index contributed by atoms with van der Waals surface area (Å²) < 4.78 is 17.0. The molecule has 0 amide bonds. The van der Waals surface area contributed by atoms with Gasteiger partial charge in [-0.3, -0.25) is 0 Å². The normalized spacial score (nSPS) is 28.9. The summed E-state index contributed by atoms with van der Waals surface area (Å²) in [4.78, 5) is 23.0. The summed E-state index contributed by atoms with van der Waals surface area (Å²) in [6, 6.07) is 0. The van der Waals surface area contributed by atoms with Crippen LogP contribution in [-0.4, -0.2) is 65.7 Å². The van der Waals surface area contributed by atoms with E-state index in [1.165, 1.54) is 6.08 Å². The van der Waals surface area contributed by atoms with Crippen LogP contribution in [0.1, 0.15) is 91.9 Å². The average molecular weight is 483 g/mol. The monoisotopic (exact) mass is 482 g/mol. The molecule has 0 saturated carbocycles. The minimum absolute atomic E-state index is 0.0378. The predicted octanol–water partition coefficient (Wildman–Crippen LogP) is 4.13. The Balaban J connectivity index is 1.55. The third-order valence-corrected chi connectivity index (χ3v) is 7.11. The van der Waals surface area contributed by atoms with Gasteiger partial charge in [-0.05, 0) is 46.5 Å². The smallest absolute Gasteiger partial charge is 0.330 e. The molecule has 2 aliphatic heterocycles. The first kappa shape index (κ1) is 29.0. The standard InChI is InChI=1S/C27H46O7/c1-18(14-26(31)32-12-10-8-6-5-7-9-11-19(2)28)13-23-16-24(30)22(17-33-23)15-25-27(34-25)20(3)21(4)29/h14,20-25,27,29-30H,5-13,15-17H2,1-4H3/b18-14+/t20-,21?,22-,23-,24-,25-,27-/m1/s1. The maximum Gasteiger partial charge on any atom is 0.330 e. The van der Waals surface area contributed by atoms with Crippen molar-refractivity contribution in [1.82, 2.24) is 0 Å². The lowest BCUT2D eigenvalue weighted by Gasteiger charge is -2.33. The molecule has 7 nitrogen and oxygen atoms in total. The Hall–Kier alpha value is -1.28. The average Bonchev–Trinajstić information content (AvgIpc) is 3.52. The van der Waals surface area contributed by atoms with Crippen LogP contribution in [0, 0.1) is 11.8 Å². The number of esters is 1. The van der Waals surface area contributed by atoms with Gasteiger partial charge in [0.2, 0.25) is 0 Å². The molecule has 0 bridgehead atoms. The van der Waals surface area contributed by atoms with Crippen molar-refractivity contribution in [3.8, 4) is 0 Å². The molecule has 34 heavy (non-hydrogen) atoms. The molecule has 7 atom stereocenters. The Morgan fingerprint density at radius 3 is 2.41 bits per heavy atom. The summed E-state index contributed by atoms with van der Waals surface area (Å²) in [5, 5.41) is 20.3. The predicted molar refractivity (Wildman–Crippen MR) is 130 cm³/mol. The van der Waals surface area contributed by atoms with Gasteiger partial charge in [0.25, 0.3) is 0 Å². The molecular formula is C27H46O7.